The summed E-state index contributed by atoms with van der Waals surface area (Å²) in [5.41, 5.74) is 2.29. The maximum absolute atomic E-state index is 12.7. The van der Waals surface area contributed by atoms with E-state index in [1.54, 1.807) is 6.92 Å². The van der Waals surface area contributed by atoms with Crippen molar-refractivity contribution in [3.05, 3.63) is 80.3 Å². The van der Waals surface area contributed by atoms with Gasteiger partial charge in [-0.2, -0.15) is 22.8 Å². The summed E-state index contributed by atoms with van der Waals surface area (Å²) in [6.07, 6.45) is -4.37. The number of hydrogen-bond donors (Lipinski definition) is 1. The Kier molecular flexibility index (Phi) is 5.46. The first-order valence-corrected chi connectivity index (χ1v) is 10.5. The van der Waals surface area contributed by atoms with Gasteiger partial charge in [0.25, 0.3) is 0 Å². The number of benzene rings is 2. The minimum Gasteiger partial charge on any atom is -0.285 e. The molecule has 1 N–H and O–H groups in total. The molecular weight excluding hydrogens is 481 g/mol. The molecule has 0 aliphatic heterocycles. The zero-order chi connectivity index (χ0) is 21.5. The number of nitrogens with one attached hydrogen (secondary N) is 1. The SMILES string of the molecule is Cc1nn2c(=O)[nH]c(SCc3ccc(C(F)(F)F)cc3)nc2c1-c1ccc(Br)cc1. The van der Waals surface area contributed by atoms with Gasteiger partial charge in [0.15, 0.2) is 10.8 Å². The summed E-state index contributed by atoms with van der Waals surface area (Å²) < 4.78 is 40.2. The molecule has 4 aromatic rings. The number of aromatic nitrogens is 4. The van der Waals surface area contributed by atoms with E-state index in [2.05, 4.69) is 31.0 Å². The zero-order valence-corrected chi connectivity index (χ0v) is 17.9. The van der Waals surface area contributed by atoms with Crippen LogP contribution in [0.1, 0.15) is 16.8 Å². The Morgan fingerprint density at radius 1 is 1.10 bits per heavy atom. The van der Waals surface area contributed by atoms with Crippen LogP contribution in [-0.2, 0) is 11.9 Å². The van der Waals surface area contributed by atoms with Crippen molar-refractivity contribution in [1.82, 2.24) is 19.6 Å². The second-order valence-corrected chi connectivity index (χ2v) is 8.41. The lowest BCUT2D eigenvalue weighted by atomic mass is 10.1. The van der Waals surface area contributed by atoms with Gasteiger partial charge in [-0.1, -0.05) is 52.0 Å². The van der Waals surface area contributed by atoms with Gasteiger partial charge < -0.3 is 0 Å². The molecule has 0 unspecified atom stereocenters. The molecule has 2 heterocycles. The van der Waals surface area contributed by atoms with Gasteiger partial charge in [-0.3, -0.25) is 4.98 Å². The molecule has 2 aromatic carbocycles. The Hall–Kier alpha value is -2.59. The maximum atomic E-state index is 12.7. The summed E-state index contributed by atoms with van der Waals surface area (Å²) in [7, 11) is 0. The van der Waals surface area contributed by atoms with Crippen molar-refractivity contribution in [3.8, 4) is 11.1 Å². The minimum atomic E-state index is -4.37. The largest absolute Gasteiger partial charge is 0.416 e. The Morgan fingerprint density at radius 3 is 2.40 bits per heavy atom. The van der Waals surface area contributed by atoms with Crippen LogP contribution in [0.25, 0.3) is 16.8 Å². The number of rotatable bonds is 4. The Morgan fingerprint density at radius 2 is 1.77 bits per heavy atom. The molecule has 2 aromatic heterocycles. The van der Waals surface area contributed by atoms with Crippen LogP contribution >= 0.6 is 27.7 Å². The average molecular weight is 495 g/mol. The Balaban J connectivity index is 1.65. The average Bonchev–Trinajstić information content (AvgIpc) is 3.03. The summed E-state index contributed by atoms with van der Waals surface area (Å²) in [4.78, 5) is 19.7. The van der Waals surface area contributed by atoms with Crippen molar-refractivity contribution in [2.75, 3.05) is 0 Å². The number of H-pyrrole nitrogens is 1. The molecule has 0 aliphatic carbocycles. The molecule has 10 heteroatoms. The summed E-state index contributed by atoms with van der Waals surface area (Å²) in [6, 6.07) is 12.5. The predicted molar refractivity (Wildman–Crippen MR) is 112 cm³/mol. The van der Waals surface area contributed by atoms with Crippen molar-refractivity contribution in [2.24, 2.45) is 0 Å². The molecule has 0 aliphatic rings. The third-order valence-corrected chi connectivity index (χ3v) is 5.91. The highest BCUT2D eigenvalue weighted by Crippen LogP contribution is 2.31. The van der Waals surface area contributed by atoms with E-state index in [-0.39, 0.29) is 0 Å². The van der Waals surface area contributed by atoms with Crippen molar-refractivity contribution in [2.45, 2.75) is 24.0 Å². The third kappa shape index (κ3) is 4.15. The molecule has 154 valence electrons. The fourth-order valence-electron chi connectivity index (χ4n) is 2.99. The fraction of sp³-hybridized carbons (Fsp3) is 0.150. The summed E-state index contributed by atoms with van der Waals surface area (Å²) in [5.74, 6) is 0.359. The van der Waals surface area contributed by atoms with Gasteiger partial charge in [-0.05, 0) is 42.3 Å². The molecule has 0 saturated heterocycles. The van der Waals surface area contributed by atoms with Gasteiger partial charge in [0.05, 0.1) is 11.3 Å². The number of nitrogens with zero attached hydrogens (tertiary/aromatic N) is 3. The molecular formula is C20H14BrF3N4OS. The third-order valence-electron chi connectivity index (χ3n) is 4.44. The van der Waals surface area contributed by atoms with Crippen molar-refractivity contribution in [3.63, 3.8) is 0 Å². The van der Waals surface area contributed by atoms with E-state index < -0.39 is 17.4 Å². The lowest BCUT2D eigenvalue weighted by Gasteiger charge is -2.07. The van der Waals surface area contributed by atoms with E-state index in [1.807, 2.05) is 24.3 Å². The highest BCUT2D eigenvalue weighted by atomic mass is 79.9. The Bertz CT molecular complexity index is 1260. The Labute approximate surface area is 181 Å². The molecule has 0 amide bonds. The number of hydrogen-bond acceptors (Lipinski definition) is 4. The van der Waals surface area contributed by atoms with E-state index in [9.17, 15) is 18.0 Å². The van der Waals surface area contributed by atoms with Gasteiger partial charge in [0.2, 0.25) is 0 Å². The number of halogens is 4. The number of fused-ring (bicyclic) bond motifs is 1. The lowest BCUT2D eigenvalue weighted by molar-refractivity contribution is -0.137. The first-order valence-electron chi connectivity index (χ1n) is 8.77. The van der Waals surface area contributed by atoms with E-state index in [0.717, 1.165) is 27.7 Å². The standard InChI is InChI=1S/C20H14BrF3N4OS/c1-11-16(13-4-8-15(21)9-5-13)17-25-18(26-19(29)28(17)27-11)30-10-12-2-6-14(7-3-12)20(22,23)24/h2-9H,10H2,1H3,(H,25,26,29). The zero-order valence-electron chi connectivity index (χ0n) is 15.5. The maximum Gasteiger partial charge on any atom is 0.416 e. The molecule has 0 spiro atoms. The van der Waals surface area contributed by atoms with Crippen molar-refractivity contribution >= 4 is 33.3 Å². The predicted octanol–water partition coefficient (Wildman–Crippen LogP) is 5.47. The minimum absolute atomic E-state index is 0.359. The second kappa shape index (κ2) is 7.92. The van der Waals surface area contributed by atoms with Crippen LogP contribution < -0.4 is 5.69 Å². The van der Waals surface area contributed by atoms with Gasteiger partial charge in [0.1, 0.15) is 0 Å². The van der Waals surface area contributed by atoms with Crippen LogP contribution in [0.5, 0.6) is 0 Å². The van der Waals surface area contributed by atoms with E-state index >= 15 is 0 Å². The van der Waals surface area contributed by atoms with Gasteiger partial charge in [-0.15, -0.1) is 0 Å². The smallest absolute Gasteiger partial charge is 0.285 e. The first kappa shape index (κ1) is 20.7. The number of thioether (sulfide) groups is 1. The van der Waals surface area contributed by atoms with Gasteiger partial charge >= 0.3 is 11.9 Å². The van der Waals surface area contributed by atoms with Crippen LogP contribution in [0, 0.1) is 6.92 Å². The van der Waals surface area contributed by atoms with E-state index in [0.29, 0.717) is 27.8 Å². The normalized spacial score (nSPS) is 11.9. The van der Waals surface area contributed by atoms with Crippen LogP contribution in [0.3, 0.4) is 0 Å². The van der Waals surface area contributed by atoms with Crippen molar-refractivity contribution in [1.29, 1.82) is 0 Å². The van der Waals surface area contributed by atoms with Crippen LogP contribution in [-0.4, -0.2) is 19.6 Å². The number of aromatic amines is 1. The van der Waals surface area contributed by atoms with E-state index in [4.69, 9.17) is 0 Å². The molecule has 30 heavy (non-hydrogen) atoms. The summed E-state index contributed by atoms with van der Waals surface area (Å²) in [5, 5.41) is 4.65. The second-order valence-electron chi connectivity index (χ2n) is 6.53. The number of aryl methyl sites for hydroxylation is 1. The van der Waals surface area contributed by atoms with Crippen LogP contribution in [0.2, 0.25) is 0 Å². The van der Waals surface area contributed by atoms with E-state index in [1.165, 1.54) is 28.4 Å². The monoisotopic (exact) mass is 494 g/mol. The topological polar surface area (TPSA) is 63.1 Å². The van der Waals surface area contributed by atoms with Crippen LogP contribution in [0.15, 0.2) is 63.0 Å². The fourth-order valence-corrected chi connectivity index (χ4v) is 4.06. The summed E-state index contributed by atoms with van der Waals surface area (Å²) >= 11 is 4.64. The lowest BCUT2D eigenvalue weighted by Crippen LogP contribution is -2.19. The molecule has 0 radical (unpaired) electrons. The number of alkyl halides is 3. The highest BCUT2D eigenvalue weighted by molar-refractivity contribution is 9.10. The molecule has 4 rings (SSSR count). The quantitative estimate of drug-likeness (QED) is 0.382. The molecule has 0 bridgehead atoms. The molecule has 0 atom stereocenters. The van der Waals surface area contributed by atoms with Gasteiger partial charge in [0, 0.05) is 15.8 Å². The van der Waals surface area contributed by atoms with Crippen molar-refractivity contribution < 1.29 is 13.2 Å². The molecule has 0 fully saturated rings. The summed E-state index contributed by atoms with van der Waals surface area (Å²) in [6.45, 7) is 1.81. The van der Waals surface area contributed by atoms with Gasteiger partial charge in [-0.25, -0.2) is 9.78 Å². The first-order chi connectivity index (χ1) is 14.2. The highest BCUT2D eigenvalue weighted by Gasteiger charge is 2.29. The molecule has 5 nitrogen and oxygen atoms in total. The van der Waals surface area contributed by atoms with Crippen LogP contribution in [0.4, 0.5) is 13.2 Å². The molecule has 0 saturated carbocycles.